The van der Waals surface area contributed by atoms with Gasteiger partial charge in [-0.1, -0.05) is 66.7 Å². The highest BCUT2D eigenvalue weighted by Crippen LogP contribution is 2.13. The molecule has 0 spiro atoms. The number of rotatable bonds is 7. The molecule has 3 aromatic rings. The standard InChI is InChI=1S/C24H21N3O2S/c25-15-21-12-7-13-22(14-21)26-23(28)18-29-24(30)27(16-19-8-3-1-4-9-19)17-20-10-5-2-6-11-20/h1-14H,16-18H2,(H,26,28). The second kappa shape index (κ2) is 10.7. The fourth-order valence-electron chi connectivity index (χ4n) is 2.87. The Balaban J connectivity index is 1.61. The topological polar surface area (TPSA) is 65.4 Å². The number of benzene rings is 3. The molecule has 0 heterocycles. The van der Waals surface area contributed by atoms with Crippen LogP contribution >= 0.6 is 12.2 Å². The number of amides is 1. The minimum absolute atomic E-state index is 0.213. The lowest BCUT2D eigenvalue weighted by molar-refractivity contribution is -0.118. The molecule has 0 bridgehead atoms. The Morgan fingerprint density at radius 2 is 1.53 bits per heavy atom. The van der Waals surface area contributed by atoms with E-state index in [1.54, 1.807) is 24.3 Å². The highest BCUT2D eigenvalue weighted by molar-refractivity contribution is 7.80. The molecular formula is C24H21N3O2S. The fourth-order valence-corrected chi connectivity index (χ4v) is 3.06. The molecule has 150 valence electrons. The summed E-state index contributed by atoms with van der Waals surface area (Å²) in [4.78, 5) is 14.2. The average Bonchev–Trinajstić information content (AvgIpc) is 2.78. The van der Waals surface area contributed by atoms with Gasteiger partial charge in [-0.15, -0.1) is 0 Å². The predicted octanol–water partition coefficient (Wildman–Crippen LogP) is 4.50. The van der Waals surface area contributed by atoms with Crippen LogP contribution in [-0.2, 0) is 22.6 Å². The van der Waals surface area contributed by atoms with Gasteiger partial charge in [0, 0.05) is 18.8 Å². The SMILES string of the molecule is N#Cc1cccc(NC(=O)COC(=S)N(Cc2ccccc2)Cc2ccccc2)c1. The summed E-state index contributed by atoms with van der Waals surface area (Å²) >= 11 is 5.48. The first-order valence-electron chi connectivity index (χ1n) is 9.43. The summed E-state index contributed by atoms with van der Waals surface area (Å²) < 4.78 is 5.62. The lowest BCUT2D eigenvalue weighted by Crippen LogP contribution is -2.32. The molecule has 0 aliphatic carbocycles. The average molecular weight is 416 g/mol. The first-order chi connectivity index (χ1) is 14.6. The molecule has 0 atom stereocenters. The second-order valence-electron chi connectivity index (χ2n) is 6.62. The van der Waals surface area contributed by atoms with Crippen molar-refractivity contribution in [3.05, 3.63) is 102 Å². The molecule has 0 saturated carbocycles. The molecule has 0 fully saturated rings. The van der Waals surface area contributed by atoms with Gasteiger partial charge in [-0.05, 0) is 41.5 Å². The number of nitriles is 1. The van der Waals surface area contributed by atoms with E-state index in [1.165, 1.54) is 0 Å². The number of anilines is 1. The van der Waals surface area contributed by atoms with E-state index in [0.29, 0.717) is 24.3 Å². The monoisotopic (exact) mass is 415 g/mol. The van der Waals surface area contributed by atoms with Gasteiger partial charge in [-0.3, -0.25) is 4.79 Å². The van der Waals surface area contributed by atoms with Crippen molar-refractivity contribution < 1.29 is 9.53 Å². The number of thiocarbonyl (C=S) groups is 1. The van der Waals surface area contributed by atoms with Crippen LogP contribution in [0.2, 0.25) is 0 Å². The van der Waals surface area contributed by atoms with Crippen LogP contribution in [0.3, 0.4) is 0 Å². The van der Waals surface area contributed by atoms with Crippen LogP contribution < -0.4 is 5.32 Å². The molecule has 3 aromatic carbocycles. The summed E-state index contributed by atoms with van der Waals surface area (Å²) in [6.07, 6.45) is 0. The zero-order valence-electron chi connectivity index (χ0n) is 16.3. The third kappa shape index (κ3) is 6.43. The molecule has 6 heteroatoms. The zero-order chi connectivity index (χ0) is 21.2. The summed E-state index contributed by atoms with van der Waals surface area (Å²) in [5.74, 6) is -0.341. The van der Waals surface area contributed by atoms with E-state index in [9.17, 15) is 4.79 Å². The van der Waals surface area contributed by atoms with Gasteiger partial charge in [0.25, 0.3) is 11.1 Å². The van der Waals surface area contributed by atoms with Crippen LogP contribution in [0.4, 0.5) is 5.69 Å². The first-order valence-corrected chi connectivity index (χ1v) is 9.84. The minimum Gasteiger partial charge on any atom is -0.461 e. The smallest absolute Gasteiger partial charge is 0.262 e. The Hall–Kier alpha value is -3.69. The van der Waals surface area contributed by atoms with Gasteiger partial charge in [0.05, 0.1) is 11.6 Å². The van der Waals surface area contributed by atoms with Crippen LogP contribution in [0.15, 0.2) is 84.9 Å². The van der Waals surface area contributed by atoms with Crippen LogP contribution in [0.25, 0.3) is 0 Å². The van der Waals surface area contributed by atoms with Gasteiger partial charge in [-0.25, -0.2) is 0 Å². The third-order valence-corrected chi connectivity index (χ3v) is 4.67. The van der Waals surface area contributed by atoms with Gasteiger partial charge >= 0.3 is 0 Å². The minimum atomic E-state index is -0.341. The number of carbonyl (C=O) groups is 1. The summed E-state index contributed by atoms with van der Waals surface area (Å²) in [6, 6.07) is 28.7. The highest BCUT2D eigenvalue weighted by Gasteiger charge is 2.14. The molecule has 1 N–H and O–H groups in total. The normalized spacial score (nSPS) is 9.97. The van der Waals surface area contributed by atoms with Crippen LogP contribution in [0.1, 0.15) is 16.7 Å². The number of nitrogens with zero attached hydrogens (tertiary/aromatic N) is 2. The van der Waals surface area contributed by atoms with Crippen LogP contribution in [0.5, 0.6) is 0 Å². The van der Waals surface area contributed by atoms with E-state index in [1.807, 2.05) is 71.6 Å². The van der Waals surface area contributed by atoms with E-state index in [0.717, 1.165) is 11.1 Å². The summed E-state index contributed by atoms with van der Waals surface area (Å²) in [7, 11) is 0. The van der Waals surface area contributed by atoms with Crippen molar-refractivity contribution in [1.82, 2.24) is 4.90 Å². The van der Waals surface area contributed by atoms with E-state index in [-0.39, 0.29) is 17.7 Å². The third-order valence-electron chi connectivity index (χ3n) is 4.29. The maximum Gasteiger partial charge on any atom is 0.262 e. The highest BCUT2D eigenvalue weighted by atomic mass is 32.1. The maximum atomic E-state index is 12.3. The Bertz CT molecular complexity index is 992. The molecule has 5 nitrogen and oxygen atoms in total. The number of nitrogens with one attached hydrogen (secondary N) is 1. The lowest BCUT2D eigenvalue weighted by Gasteiger charge is -2.25. The van der Waals surface area contributed by atoms with Gasteiger partial charge in [-0.2, -0.15) is 5.26 Å². The Labute approximate surface area is 181 Å². The zero-order valence-corrected chi connectivity index (χ0v) is 17.1. The molecule has 0 aromatic heterocycles. The predicted molar refractivity (Wildman–Crippen MR) is 120 cm³/mol. The number of carbonyl (C=O) groups excluding carboxylic acids is 1. The molecular weight excluding hydrogens is 394 g/mol. The Morgan fingerprint density at radius 1 is 0.933 bits per heavy atom. The van der Waals surface area contributed by atoms with Crippen molar-refractivity contribution in [1.29, 1.82) is 5.26 Å². The summed E-state index contributed by atoms with van der Waals surface area (Å²) in [6.45, 7) is 0.927. The Kier molecular flexibility index (Phi) is 7.53. The molecule has 0 aliphatic rings. The van der Waals surface area contributed by atoms with Gasteiger partial charge in [0.15, 0.2) is 6.61 Å². The molecule has 1 amide bonds. The van der Waals surface area contributed by atoms with Crippen molar-refractivity contribution in [3.8, 4) is 6.07 Å². The molecule has 0 aliphatic heterocycles. The van der Waals surface area contributed by atoms with E-state index in [4.69, 9.17) is 22.2 Å². The summed E-state index contributed by atoms with van der Waals surface area (Å²) in [5.41, 5.74) is 3.20. The van der Waals surface area contributed by atoms with Crippen LogP contribution in [0, 0.1) is 11.3 Å². The molecule has 0 unspecified atom stereocenters. The summed E-state index contributed by atoms with van der Waals surface area (Å²) in [5, 5.41) is 11.9. The van der Waals surface area contributed by atoms with Crippen molar-refractivity contribution in [2.75, 3.05) is 11.9 Å². The molecule has 0 radical (unpaired) electrons. The lowest BCUT2D eigenvalue weighted by atomic mass is 10.2. The maximum absolute atomic E-state index is 12.3. The van der Waals surface area contributed by atoms with Crippen molar-refractivity contribution in [2.24, 2.45) is 0 Å². The number of hydrogen-bond donors (Lipinski definition) is 1. The quantitative estimate of drug-likeness (QED) is 0.576. The van der Waals surface area contributed by atoms with Crippen molar-refractivity contribution >= 4 is 29.0 Å². The molecule has 3 rings (SSSR count). The number of hydrogen-bond acceptors (Lipinski definition) is 4. The van der Waals surface area contributed by atoms with Crippen molar-refractivity contribution in [3.63, 3.8) is 0 Å². The van der Waals surface area contributed by atoms with Crippen molar-refractivity contribution in [2.45, 2.75) is 13.1 Å². The fraction of sp³-hybridized carbons (Fsp3) is 0.125. The van der Waals surface area contributed by atoms with E-state index >= 15 is 0 Å². The van der Waals surface area contributed by atoms with E-state index < -0.39 is 0 Å². The Morgan fingerprint density at radius 3 is 2.10 bits per heavy atom. The largest absolute Gasteiger partial charge is 0.461 e. The van der Waals surface area contributed by atoms with Gasteiger partial charge in [0.2, 0.25) is 0 Å². The molecule has 30 heavy (non-hydrogen) atoms. The second-order valence-corrected chi connectivity index (χ2v) is 6.97. The van der Waals surface area contributed by atoms with E-state index in [2.05, 4.69) is 5.32 Å². The van der Waals surface area contributed by atoms with Gasteiger partial charge in [0.1, 0.15) is 0 Å². The van der Waals surface area contributed by atoms with Gasteiger partial charge < -0.3 is 15.0 Å². The number of ether oxygens (including phenoxy) is 1. The van der Waals surface area contributed by atoms with Crippen LogP contribution in [-0.4, -0.2) is 22.6 Å². The molecule has 0 saturated heterocycles. The first kappa shape index (κ1) is 21.0.